The molecule has 46 heavy (non-hydrogen) atoms. The summed E-state index contributed by atoms with van der Waals surface area (Å²) in [5.74, 6) is -1.54. The number of likely N-dealkylation sites (tertiary alicyclic amines) is 1. The second-order valence-electron chi connectivity index (χ2n) is 12.6. The van der Waals surface area contributed by atoms with Crippen LogP contribution in [0.15, 0.2) is 78.9 Å². The van der Waals surface area contributed by atoms with Gasteiger partial charge in [-0.05, 0) is 54.5 Å². The van der Waals surface area contributed by atoms with E-state index in [1.165, 1.54) is 4.90 Å². The molecule has 4 atom stereocenters. The summed E-state index contributed by atoms with van der Waals surface area (Å²) in [7, 11) is 0. The zero-order valence-electron chi connectivity index (χ0n) is 27.3. The number of nitrogens with one attached hydrogen (secondary N) is 2. The maximum Gasteiger partial charge on any atom is 0.408 e. The standard InChI is InChI=1S/C37H45N3O6/c1-6-7-21-30(33(41)34(42)38-25(3)26-15-10-8-11-16-26)39-35(43)46-32-23-40(36(44)45)31(37(32,4)5)22-28-19-14-20-29(24(28)2)27-17-12-9-13-18-27/h8-20,25,30-32H,6-7,21-23H2,1-5H3,(H,38,42)(H,39,43)(H,44,45)/t25-,30+,31?,32-/m1/s1. The molecule has 4 rings (SSSR count). The summed E-state index contributed by atoms with van der Waals surface area (Å²) >= 11 is 0. The van der Waals surface area contributed by atoms with E-state index in [1.807, 2.05) is 100 Å². The lowest BCUT2D eigenvalue weighted by Gasteiger charge is -2.34. The van der Waals surface area contributed by atoms with Gasteiger partial charge in [0.2, 0.25) is 5.78 Å². The number of carboxylic acid groups (broad SMARTS) is 1. The smallest absolute Gasteiger partial charge is 0.408 e. The van der Waals surface area contributed by atoms with Crippen molar-refractivity contribution in [2.24, 2.45) is 5.41 Å². The predicted octanol–water partition coefficient (Wildman–Crippen LogP) is 6.69. The van der Waals surface area contributed by atoms with Crippen molar-refractivity contribution in [3.8, 4) is 11.1 Å². The molecular formula is C37H45N3O6. The fraction of sp³-hybridized carbons (Fsp3) is 0.405. The number of Topliss-reactive ketones (excluding diaryl/α,β-unsaturated/α-hetero) is 1. The summed E-state index contributed by atoms with van der Waals surface area (Å²) in [4.78, 5) is 53.1. The third kappa shape index (κ3) is 7.94. The molecule has 0 bridgehead atoms. The van der Waals surface area contributed by atoms with E-state index in [9.17, 15) is 24.3 Å². The van der Waals surface area contributed by atoms with Crippen molar-refractivity contribution in [1.82, 2.24) is 15.5 Å². The minimum absolute atomic E-state index is 0.0134. The highest BCUT2D eigenvalue weighted by molar-refractivity contribution is 6.38. The van der Waals surface area contributed by atoms with Crippen LogP contribution in [0.25, 0.3) is 11.1 Å². The first-order chi connectivity index (χ1) is 21.9. The SMILES string of the molecule is CCCC[C@H](NC(=O)O[C@@H]1CN(C(=O)O)C(Cc2cccc(-c3ccccc3)c2C)C1(C)C)C(=O)C(=O)N[C@H](C)c1ccccc1. The van der Waals surface area contributed by atoms with E-state index in [4.69, 9.17) is 4.74 Å². The molecule has 0 saturated carbocycles. The van der Waals surface area contributed by atoms with Crippen LogP contribution in [0.3, 0.4) is 0 Å². The summed E-state index contributed by atoms with van der Waals surface area (Å²) < 4.78 is 5.85. The Morgan fingerprint density at radius 1 is 0.957 bits per heavy atom. The number of benzene rings is 3. The van der Waals surface area contributed by atoms with Crippen molar-refractivity contribution in [2.45, 2.75) is 84.5 Å². The number of alkyl carbamates (subject to hydrolysis) is 1. The van der Waals surface area contributed by atoms with Crippen LogP contribution in [0.2, 0.25) is 0 Å². The number of ether oxygens (including phenoxy) is 1. The molecule has 1 fully saturated rings. The average Bonchev–Trinajstić information content (AvgIpc) is 3.29. The van der Waals surface area contributed by atoms with Gasteiger partial charge in [-0.3, -0.25) is 9.59 Å². The van der Waals surface area contributed by atoms with Crippen molar-refractivity contribution in [3.63, 3.8) is 0 Å². The van der Waals surface area contributed by atoms with Crippen molar-refractivity contribution < 1.29 is 29.0 Å². The van der Waals surface area contributed by atoms with Crippen LogP contribution in [0, 0.1) is 12.3 Å². The van der Waals surface area contributed by atoms with Crippen molar-refractivity contribution in [3.05, 3.63) is 95.6 Å². The number of carbonyl (C=O) groups is 4. The minimum atomic E-state index is -1.10. The molecule has 9 heteroatoms. The van der Waals surface area contributed by atoms with Crippen LogP contribution in [0.1, 0.15) is 69.7 Å². The van der Waals surface area contributed by atoms with Gasteiger partial charge >= 0.3 is 12.2 Å². The van der Waals surface area contributed by atoms with E-state index < -0.39 is 53.5 Å². The number of carbonyl (C=O) groups excluding carboxylic acids is 3. The van der Waals surface area contributed by atoms with Crippen LogP contribution in [0.5, 0.6) is 0 Å². The molecule has 3 aromatic carbocycles. The Bertz CT molecular complexity index is 1520. The maximum absolute atomic E-state index is 13.2. The molecule has 0 spiro atoms. The largest absolute Gasteiger partial charge is 0.465 e. The molecule has 1 saturated heterocycles. The quantitative estimate of drug-likeness (QED) is 0.192. The monoisotopic (exact) mass is 627 g/mol. The highest BCUT2D eigenvalue weighted by Gasteiger charge is 2.52. The van der Waals surface area contributed by atoms with Gasteiger partial charge in [0.1, 0.15) is 12.1 Å². The number of amides is 3. The molecule has 1 aliphatic rings. The molecule has 0 aromatic heterocycles. The second-order valence-corrected chi connectivity index (χ2v) is 12.6. The fourth-order valence-corrected chi connectivity index (χ4v) is 6.21. The van der Waals surface area contributed by atoms with Gasteiger partial charge in [-0.15, -0.1) is 0 Å². The molecule has 3 aromatic rings. The lowest BCUT2D eigenvalue weighted by molar-refractivity contribution is -0.139. The van der Waals surface area contributed by atoms with Gasteiger partial charge in [-0.2, -0.15) is 0 Å². The first kappa shape index (κ1) is 34.2. The van der Waals surface area contributed by atoms with Gasteiger partial charge in [0.15, 0.2) is 0 Å². The van der Waals surface area contributed by atoms with Gasteiger partial charge in [-0.1, -0.05) is 112 Å². The first-order valence-electron chi connectivity index (χ1n) is 15.9. The number of unbranched alkanes of at least 4 members (excludes halogenated alkanes) is 1. The van der Waals surface area contributed by atoms with Gasteiger partial charge in [0.05, 0.1) is 12.6 Å². The molecule has 3 amide bonds. The Balaban J connectivity index is 1.47. The zero-order valence-corrected chi connectivity index (χ0v) is 27.3. The summed E-state index contributed by atoms with van der Waals surface area (Å²) in [6.45, 7) is 9.56. The summed E-state index contributed by atoms with van der Waals surface area (Å²) in [5, 5.41) is 15.5. The van der Waals surface area contributed by atoms with E-state index in [-0.39, 0.29) is 13.0 Å². The van der Waals surface area contributed by atoms with Gasteiger partial charge < -0.3 is 25.4 Å². The van der Waals surface area contributed by atoms with Crippen molar-refractivity contribution >= 4 is 23.9 Å². The highest BCUT2D eigenvalue weighted by Crippen LogP contribution is 2.41. The van der Waals surface area contributed by atoms with E-state index in [2.05, 4.69) is 16.7 Å². The molecule has 1 aliphatic heterocycles. The number of nitrogens with zero attached hydrogens (tertiary/aromatic N) is 1. The molecule has 9 nitrogen and oxygen atoms in total. The lowest BCUT2D eigenvalue weighted by atomic mass is 9.78. The van der Waals surface area contributed by atoms with Gasteiger partial charge in [0, 0.05) is 11.5 Å². The van der Waals surface area contributed by atoms with Crippen LogP contribution >= 0.6 is 0 Å². The van der Waals surface area contributed by atoms with Crippen LogP contribution in [0.4, 0.5) is 9.59 Å². The second kappa shape index (κ2) is 15.1. The van der Waals surface area contributed by atoms with Crippen molar-refractivity contribution in [1.29, 1.82) is 0 Å². The molecule has 0 aliphatic carbocycles. The maximum atomic E-state index is 13.2. The molecule has 244 valence electrons. The third-order valence-electron chi connectivity index (χ3n) is 9.19. The minimum Gasteiger partial charge on any atom is -0.465 e. The third-order valence-corrected chi connectivity index (χ3v) is 9.19. The fourth-order valence-electron chi connectivity index (χ4n) is 6.21. The summed E-state index contributed by atoms with van der Waals surface area (Å²) in [6, 6.07) is 23.4. The van der Waals surface area contributed by atoms with Gasteiger partial charge in [0.25, 0.3) is 5.91 Å². The number of rotatable bonds is 12. The van der Waals surface area contributed by atoms with Crippen LogP contribution in [-0.4, -0.2) is 58.6 Å². The Hall–Kier alpha value is -4.66. The Morgan fingerprint density at radius 2 is 1.61 bits per heavy atom. The Morgan fingerprint density at radius 3 is 2.24 bits per heavy atom. The highest BCUT2D eigenvalue weighted by atomic mass is 16.6. The van der Waals surface area contributed by atoms with Crippen LogP contribution < -0.4 is 10.6 Å². The Kier molecular flexibility index (Phi) is 11.2. The molecular weight excluding hydrogens is 582 g/mol. The van der Waals surface area contributed by atoms with E-state index >= 15 is 0 Å². The average molecular weight is 628 g/mol. The Labute approximate surface area is 271 Å². The molecule has 0 radical (unpaired) electrons. The van der Waals surface area contributed by atoms with E-state index in [1.54, 1.807) is 6.92 Å². The number of hydrogen-bond donors (Lipinski definition) is 3. The first-order valence-corrected chi connectivity index (χ1v) is 15.9. The van der Waals surface area contributed by atoms with E-state index in [0.29, 0.717) is 12.8 Å². The van der Waals surface area contributed by atoms with Crippen LogP contribution in [-0.2, 0) is 20.7 Å². The molecule has 1 unspecified atom stereocenters. The van der Waals surface area contributed by atoms with E-state index in [0.717, 1.165) is 34.2 Å². The summed E-state index contributed by atoms with van der Waals surface area (Å²) in [5.41, 5.74) is 4.33. The zero-order chi connectivity index (χ0) is 33.4. The lowest BCUT2D eigenvalue weighted by Crippen LogP contribution is -2.49. The molecule has 1 heterocycles. The van der Waals surface area contributed by atoms with Gasteiger partial charge in [-0.25, -0.2) is 9.59 Å². The number of hydrogen-bond acceptors (Lipinski definition) is 5. The topological polar surface area (TPSA) is 125 Å². The van der Waals surface area contributed by atoms with Crippen molar-refractivity contribution in [2.75, 3.05) is 6.54 Å². The normalized spacial score (nSPS) is 18.3. The predicted molar refractivity (Wildman–Crippen MR) is 177 cm³/mol. The summed E-state index contributed by atoms with van der Waals surface area (Å²) in [6.07, 6.45) is -0.648. The molecule has 3 N–H and O–H groups in total. The number of ketones is 1.